The quantitative estimate of drug-likeness (QED) is 0.164. The second-order valence-electron chi connectivity index (χ2n) is 13.5. The Morgan fingerprint density at radius 2 is 0.754 bits per heavy atom. The highest BCUT2D eigenvalue weighted by Crippen LogP contribution is 2.26. The van der Waals surface area contributed by atoms with Crippen LogP contribution in [0.5, 0.6) is 0 Å². The van der Waals surface area contributed by atoms with Crippen LogP contribution in [0.15, 0.2) is 109 Å². The number of imidazole rings is 3. The summed E-state index contributed by atoms with van der Waals surface area (Å²) in [4.78, 5) is 32.0. The van der Waals surface area contributed by atoms with E-state index in [0.717, 1.165) is 95.2 Å². The highest BCUT2D eigenvalue weighted by atomic mass is 15.1. The molecule has 5 aromatic carbocycles. The average Bonchev–Trinajstić information content (AvgIpc) is 3.76. The van der Waals surface area contributed by atoms with E-state index in [-0.39, 0.29) is 14.9 Å². The maximum atomic E-state index is 5.70. The van der Waals surface area contributed by atoms with Crippen LogP contribution >= 0.6 is 0 Å². The van der Waals surface area contributed by atoms with Crippen LogP contribution in [0.25, 0.3) is 77.7 Å². The number of fused-ring (bicyclic) bond motifs is 5. The molecule has 0 spiro atoms. The van der Waals surface area contributed by atoms with Crippen molar-refractivity contribution >= 4 is 66.5 Å². The van der Waals surface area contributed by atoms with Gasteiger partial charge in [0.2, 0.25) is 0 Å². The molecule has 12 nitrogen and oxygen atoms in total. The Bertz CT molecular complexity index is 3020. The molecule has 10 aromatic rings. The maximum Gasteiger partial charge on any atom is 0.106 e. The van der Waals surface area contributed by atoms with Crippen molar-refractivity contribution in [2.24, 2.45) is 21.1 Å². The van der Waals surface area contributed by atoms with Crippen LogP contribution in [0.3, 0.4) is 0 Å². The van der Waals surface area contributed by atoms with Gasteiger partial charge in [-0.15, -0.1) is 0 Å². The van der Waals surface area contributed by atoms with Gasteiger partial charge in [-0.05, 0) is 57.2 Å². The van der Waals surface area contributed by atoms with Crippen molar-refractivity contribution in [3.05, 3.63) is 127 Å². The highest BCUT2D eigenvalue weighted by Gasteiger charge is 2.11. The van der Waals surface area contributed by atoms with Gasteiger partial charge in [-0.3, -0.25) is 9.97 Å². The van der Waals surface area contributed by atoms with Crippen molar-refractivity contribution in [3.8, 4) is 22.5 Å². The van der Waals surface area contributed by atoms with E-state index in [1.807, 2.05) is 144 Å². The molecule has 12 heteroatoms. The third kappa shape index (κ3) is 7.57. The van der Waals surface area contributed by atoms with Crippen molar-refractivity contribution < 1.29 is 0 Å². The summed E-state index contributed by atoms with van der Waals surface area (Å²) in [5.74, 6) is 2.94. The number of aromatic nitrogens is 10. The Balaban J connectivity index is 0.000000146. The van der Waals surface area contributed by atoms with Crippen LogP contribution in [0.2, 0.25) is 0 Å². The predicted octanol–water partition coefficient (Wildman–Crippen LogP) is 9.30. The molecule has 4 N–H and O–H groups in total. The van der Waals surface area contributed by atoms with E-state index in [1.54, 1.807) is 6.07 Å². The first-order valence-electron chi connectivity index (χ1n) is 17.8. The van der Waals surface area contributed by atoms with E-state index < -0.39 is 0 Å². The molecule has 5 heterocycles. The third-order valence-electron chi connectivity index (χ3n) is 9.98. The molecular formula is C45H48N12. The van der Waals surface area contributed by atoms with Crippen molar-refractivity contribution in [2.75, 3.05) is 11.5 Å². The van der Waals surface area contributed by atoms with Gasteiger partial charge >= 0.3 is 0 Å². The number of hydrogen-bond donors (Lipinski definition) is 2. The van der Waals surface area contributed by atoms with Crippen molar-refractivity contribution in [3.63, 3.8) is 0 Å². The lowest BCUT2D eigenvalue weighted by Gasteiger charge is -2.03. The minimum Gasteiger partial charge on any atom is -0.397 e. The minimum absolute atomic E-state index is 0. The molecule has 0 atom stereocenters. The highest BCUT2D eigenvalue weighted by molar-refractivity contribution is 5.93. The number of nitrogens with two attached hydrogens (primary N) is 2. The van der Waals surface area contributed by atoms with Gasteiger partial charge in [0.1, 0.15) is 17.5 Å². The molecule has 5 aromatic heterocycles. The Morgan fingerprint density at radius 1 is 0.404 bits per heavy atom. The number of anilines is 2. The summed E-state index contributed by atoms with van der Waals surface area (Å²) in [5, 5.41) is 0. The normalized spacial score (nSPS) is 10.8. The van der Waals surface area contributed by atoms with E-state index >= 15 is 0 Å². The number of hydrogen-bond acceptors (Lipinski definition) is 9. The SMILES string of the molecule is C.C.Cc1nc2cc(N)c(N)cc2n1C.Cc1nc2cc3nc(-c4ccccc4)cnc3cc2n1C.Cc1nc2cc3ncc(-c4ccccc4)nc3cc2n1C. The topological polar surface area (TPSA) is 157 Å². The van der Waals surface area contributed by atoms with Crippen LogP contribution < -0.4 is 11.5 Å². The minimum atomic E-state index is 0. The van der Waals surface area contributed by atoms with Crippen molar-refractivity contribution in [1.82, 2.24) is 48.6 Å². The summed E-state index contributed by atoms with van der Waals surface area (Å²) >= 11 is 0. The molecule has 0 saturated heterocycles. The molecule has 10 rings (SSSR count). The van der Waals surface area contributed by atoms with Crippen LogP contribution in [-0.2, 0) is 21.1 Å². The standard InChI is InChI=1S/2C17H14N4.C9H12N4.2CH4/c1-11-19-15-8-14-13(9-17(15)21(11)2)18-10-16(20-14)12-6-4-3-5-7-12;1-11-19-15-8-13-14(9-17(15)21(11)2)20-16(10-18-13)12-6-4-3-5-7-12;1-5-12-8-3-6(10)7(11)4-9(8)13(5)2;;/h2*3-10H,1-2H3;3-4H,10-11H2,1-2H3;2*1H4. The Labute approximate surface area is 331 Å². The second kappa shape index (κ2) is 15.9. The summed E-state index contributed by atoms with van der Waals surface area (Å²) < 4.78 is 6.14. The fourth-order valence-electron chi connectivity index (χ4n) is 6.52. The molecule has 0 unspecified atom stereocenters. The summed E-state index contributed by atoms with van der Waals surface area (Å²) in [5.41, 5.74) is 26.0. The van der Waals surface area contributed by atoms with Crippen LogP contribution in [0.1, 0.15) is 32.3 Å². The van der Waals surface area contributed by atoms with Gasteiger partial charge in [-0.1, -0.05) is 75.5 Å². The third-order valence-corrected chi connectivity index (χ3v) is 9.98. The zero-order valence-corrected chi connectivity index (χ0v) is 31.5. The summed E-state index contributed by atoms with van der Waals surface area (Å²) in [7, 11) is 5.99. The molecule has 0 aliphatic rings. The van der Waals surface area contributed by atoms with Crippen LogP contribution in [-0.4, -0.2) is 48.6 Å². The molecular weight excluding hydrogens is 709 g/mol. The Kier molecular flexibility index (Phi) is 11.0. The van der Waals surface area contributed by atoms with Gasteiger partial charge < -0.3 is 25.2 Å². The zero-order valence-electron chi connectivity index (χ0n) is 31.5. The van der Waals surface area contributed by atoms with Crippen molar-refractivity contribution in [1.29, 1.82) is 0 Å². The molecule has 0 saturated carbocycles. The fraction of sp³-hybridized carbons (Fsp3) is 0.178. The Morgan fingerprint density at radius 3 is 1.23 bits per heavy atom. The van der Waals surface area contributed by atoms with E-state index in [0.29, 0.717) is 11.4 Å². The lowest BCUT2D eigenvalue weighted by Crippen LogP contribution is -1.95. The van der Waals surface area contributed by atoms with Crippen LogP contribution in [0.4, 0.5) is 11.4 Å². The van der Waals surface area contributed by atoms with E-state index in [2.05, 4.69) is 40.1 Å². The Hall–Kier alpha value is -7.21. The largest absolute Gasteiger partial charge is 0.397 e. The number of aryl methyl sites for hydroxylation is 6. The van der Waals surface area contributed by atoms with E-state index in [4.69, 9.17) is 21.4 Å². The van der Waals surface area contributed by atoms with E-state index in [9.17, 15) is 0 Å². The second-order valence-corrected chi connectivity index (χ2v) is 13.5. The molecule has 57 heavy (non-hydrogen) atoms. The smallest absolute Gasteiger partial charge is 0.106 e. The number of nitrogen functional groups attached to an aromatic ring is 2. The first-order chi connectivity index (χ1) is 26.5. The lowest BCUT2D eigenvalue weighted by atomic mass is 10.1. The average molecular weight is 757 g/mol. The number of rotatable bonds is 2. The molecule has 0 radical (unpaired) electrons. The van der Waals surface area contributed by atoms with Gasteiger partial charge in [0.05, 0.1) is 90.3 Å². The molecule has 288 valence electrons. The summed E-state index contributed by atoms with van der Waals surface area (Å²) in [6, 6.07) is 32.0. The summed E-state index contributed by atoms with van der Waals surface area (Å²) in [6.07, 6.45) is 3.64. The monoisotopic (exact) mass is 756 g/mol. The van der Waals surface area contributed by atoms with Gasteiger partial charge in [-0.25, -0.2) is 24.9 Å². The number of nitrogens with zero attached hydrogens (tertiary/aromatic N) is 10. The molecule has 0 amide bonds. The molecule has 0 aliphatic heterocycles. The number of benzene rings is 5. The first-order valence-corrected chi connectivity index (χ1v) is 17.8. The van der Waals surface area contributed by atoms with E-state index in [1.165, 1.54) is 0 Å². The summed E-state index contributed by atoms with van der Waals surface area (Å²) in [6.45, 7) is 5.95. The fourth-order valence-corrected chi connectivity index (χ4v) is 6.52. The molecule has 0 fully saturated rings. The molecule has 0 bridgehead atoms. The zero-order chi connectivity index (χ0) is 38.4. The first kappa shape index (κ1) is 39.5. The van der Waals surface area contributed by atoms with Gasteiger partial charge in [0.15, 0.2) is 0 Å². The van der Waals surface area contributed by atoms with Gasteiger partial charge in [-0.2, -0.15) is 0 Å². The van der Waals surface area contributed by atoms with Gasteiger partial charge in [0, 0.05) is 32.3 Å². The van der Waals surface area contributed by atoms with Crippen LogP contribution in [0, 0.1) is 20.8 Å². The maximum absolute atomic E-state index is 5.70. The lowest BCUT2D eigenvalue weighted by molar-refractivity contribution is 0.886. The molecule has 0 aliphatic carbocycles. The van der Waals surface area contributed by atoms with Crippen molar-refractivity contribution in [2.45, 2.75) is 35.6 Å². The predicted molar refractivity (Wildman–Crippen MR) is 236 cm³/mol. The van der Waals surface area contributed by atoms with Gasteiger partial charge in [0.25, 0.3) is 0 Å².